The van der Waals surface area contributed by atoms with E-state index in [1.807, 2.05) is 4.90 Å². The maximum atomic E-state index is 12.3. The van der Waals surface area contributed by atoms with Gasteiger partial charge in [0.1, 0.15) is 15.6 Å². The summed E-state index contributed by atoms with van der Waals surface area (Å²) >= 11 is 5.74. The van der Waals surface area contributed by atoms with E-state index in [9.17, 15) is 21.6 Å². The normalized spacial score (nSPS) is 16.8. The molecular formula is C15H21ClN2O5S2. The van der Waals surface area contributed by atoms with E-state index in [1.54, 1.807) is 0 Å². The zero-order valence-corrected chi connectivity index (χ0v) is 16.3. The SMILES string of the molecule is CS(=O)(=O)CCN1CCN(C(=O)CS(=O)(=O)c2ccc(Cl)cc2)CC1. The van der Waals surface area contributed by atoms with Gasteiger partial charge >= 0.3 is 0 Å². The summed E-state index contributed by atoms with van der Waals surface area (Å²) in [5, 5.41) is 0.426. The molecule has 1 amide bonds. The fraction of sp³-hybridized carbons (Fsp3) is 0.533. The first-order chi connectivity index (χ1) is 11.6. The van der Waals surface area contributed by atoms with Gasteiger partial charge in [0, 0.05) is 44.0 Å². The molecule has 1 fully saturated rings. The first-order valence-corrected chi connectivity index (χ1v) is 11.8. The van der Waals surface area contributed by atoms with Crippen LogP contribution in [0.3, 0.4) is 0 Å². The maximum Gasteiger partial charge on any atom is 0.238 e. The van der Waals surface area contributed by atoms with Crippen molar-refractivity contribution in [3.63, 3.8) is 0 Å². The van der Waals surface area contributed by atoms with E-state index >= 15 is 0 Å². The van der Waals surface area contributed by atoms with Crippen LogP contribution in [0.15, 0.2) is 29.2 Å². The Morgan fingerprint density at radius 1 is 1.04 bits per heavy atom. The summed E-state index contributed by atoms with van der Waals surface area (Å²) in [6.45, 7) is 2.26. The standard InChI is InChI=1S/C15H21ClN2O5S2/c1-24(20,21)11-10-17-6-8-18(9-7-17)15(19)12-25(22,23)14-4-2-13(16)3-5-14/h2-5H,6-12H2,1H3. The van der Waals surface area contributed by atoms with Gasteiger partial charge in [0.05, 0.1) is 10.6 Å². The summed E-state index contributed by atoms with van der Waals surface area (Å²) in [5.74, 6) is -0.957. The number of hydrogen-bond donors (Lipinski definition) is 0. The molecule has 0 aliphatic carbocycles. The second-order valence-corrected chi connectivity index (χ2v) is 10.8. The molecule has 25 heavy (non-hydrogen) atoms. The number of nitrogens with zero attached hydrogens (tertiary/aromatic N) is 2. The summed E-state index contributed by atoms with van der Waals surface area (Å²) in [6.07, 6.45) is 1.19. The Balaban J connectivity index is 1.89. The molecule has 0 spiro atoms. The minimum absolute atomic E-state index is 0.0667. The Morgan fingerprint density at radius 2 is 1.60 bits per heavy atom. The molecule has 1 heterocycles. The van der Waals surface area contributed by atoms with Crippen LogP contribution in [-0.2, 0) is 24.5 Å². The van der Waals surface area contributed by atoms with Gasteiger partial charge < -0.3 is 4.90 Å². The minimum Gasteiger partial charge on any atom is -0.339 e. The van der Waals surface area contributed by atoms with Crippen LogP contribution in [0, 0.1) is 0 Å². The van der Waals surface area contributed by atoms with Gasteiger partial charge in [-0.3, -0.25) is 9.69 Å². The van der Waals surface area contributed by atoms with Crippen molar-refractivity contribution in [1.82, 2.24) is 9.80 Å². The smallest absolute Gasteiger partial charge is 0.238 e. The van der Waals surface area contributed by atoms with Gasteiger partial charge in [0.2, 0.25) is 5.91 Å². The molecule has 0 atom stereocenters. The molecule has 0 bridgehead atoms. The molecule has 0 N–H and O–H groups in total. The molecule has 1 aromatic rings. The summed E-state index contributed by atoms with van der Waals surface area (Å²) in [4.78, 5) is 15.8. The summed E-state index contributed by atoms with van der Waals surface area (Å²) in [6, 6.07) is 5.71. The fourth-order valence-electron chi connectivity index (χ4n) is 2.49. The third kappa shape index (κ3) is 6.25. The van der Waals surface area contributed by atoms with Gasteiger partial charge in [0.15, 0.2) is 9.84 Å². The number of piperazine rings is 1. The Morgan fingerprint density at radius 3 is 2.12 bits per heavy atom. The van der Waals surface area contributed by atoms with Crippen LogP contribution in [0.1, 0.15) is 0 Å². The van der Waals surface area contributed by atoms with Gasteiger partial charge in [-0.1, -0.05) is 11.6 Å². The van der Waals surface area contributed by atoms with Crippen LogP contribution >= 0.6 is 11.6 Å². The first-order valence-electron chi connectivity index (χ1n) is 7.73. The Kier molecular flexibility index (Phi) is 6.47. The topological polar surface area (TPSA) is 91.8 Å². The minimum atomic E-state index is -3.71. The molecule has 1 aliphatic heterocycles. The van der Waals surface area contributed by atoms with E-state index in [1.165, 1.54) is 35.4 Å². The van der Waals surface area contributed by atoms with Crippen LogP contribution in [0.25, 0.3) is 0 Å². The highest BCUT2D eigenvalue weighted by atomic mass is 35.5. The second-order valence-electron chi connectivity index (χ2n) is 6.07. The number of carbonyl (C=O) groups is 1. The van der Waals surface area contributed by atoms with Crippen molar-refractivity contribution in [2.75, 3.05) is 50.5 Å². The fourth-order valence-corrected chi connectivity index (χ4v) is 4.44. The lowest BCUT2D eigenvalue weighted by Crippen LogP contribution is -2.50. The molecule has 0 aromatic heterocycles. The number of amides is 1. The van der Waals surface area contributed by atoms with Gasteiger partial charge in [-0.05, 0) is 24.3 Å². The van der Waals surface area contributed by atoms with Gasteiger partial charge in [0.25, 0.3) is 0 Å². The number of benzene rings is 1. The van der Waals surface area contributed by atoms with Crippen LogP contribution in [0.4, 0.5) is 0 Å². The molecule has 1 saturated heterocycles. The average molecular weight is 409 g/mol. The van der Waals surface area contributed by atoms with Crippen molar-refractivity contribution in [2.45, 2.75) is 4.90 Å². The number of sulfone groups is 2. The highest BCUT2D eigenvalue weighted by Crippen LogP contribution is 2.16. The molecular weight excluding hydrogens is 388 g/mol. The molecule has 0 unspecified atom stereocenters. The predicted molar refractivity (Wildman–Crippen MR) is 96.2 cm³/mol. The average Bonchev–Trinajstić information content (AvgIpc) is 2.52. The number of carbonyl (C=O) groups excluding carboxylic acids is 1. The molecule has 0 radical (unpaired) electrons. The molecule has 140 valence electrons. The van der Waals surface area contributed by atoms with E-state index in [4.69, 9.17) is 11.6 Å². The van der Waals surface area contributed by atoms with Crippen molar-refractivity contribution < 1.29 is 21.6 Å². The van der Waals surface area contributed by atoms with E-state index in [0.29, 0.717) is 37.7 Å². The molecule has 7 nitrogen and oxygen atoms in total. The van der Waals surface area contributed by atoms with E-state index in [-0.39, 0.29) is 10.6 Å². The Hall–Kier alpha value is -1.16. The third-order valence-electron chi connectivity index (χ3n) is 3.99. The summed E-state index contributed by atoms with van der Waals surface area (Å²) in [5.41, 5.74) is 0. The van der Waals surface area contributed by atoms with Crippen LogP contribution in [-0.4, -0.2) is 83.0 Å². The van der Waals surface area contributed by atoms with Crippen LogP contribution in [0.5, 0.6) is 0 Å². The van der Waals surface area contributed by atoms with Gasteiger partial charge in [-0.2, -0.15) is 0 Å². The number of rotatable bonds is 6. The zero-order chi connectivity index (χ0) is 18.7. The largest absolute Gasteiger partial charge is 0.339 e. The van der Waals surface area contributed by atoms with Crippen molar-refractivity contribution in [1.29, 1.82) is 0 Å². The highest BCUT2D eigenvalue weighted by Gasteiger charge is 2.26. The summed E-state index contributed by atoms with van der Waals surface area (Å²) in [7, 11) is -6.73. The van der Waals surface area contributed by atoms with Crippen molar-refractivity contribution in [3.8, 4) is 0 Å². The first kappa shape index (κ1) is 20.2. The van der Waals surface area contributed by atoms with Crippen LogP contribution in [0.2, 0.25) is 5.02 Å². The lowest BCUT2D eigenvalue weighted by molar-refractivity contribution is -0.130. The van der Waals surface area contributed by atoms with Gasteiger partial charge in [-0.15, -0.1) is 0 Å². The van der Waals surface area contributed by atoms with E-state index < -0.39 is 31.3 Å². The zero-order valence-electron chi connectivity index (χ0n) is 13.9. The van der Waals surface area contributed by atoms with Crippen molar-refractivity contribution >= 4 is 37.2 Å². The molecule has 2 rings (SSSR count). The van der Waals surface area contributed by atoms with E-state index in [0.717, 1.165) is 0 Å². The number of halogens is 1. The number of hydrogen-bond acceptors (Lipinski definition) is 6. The lowest BCUT2D eigenvalue weighted by atomic mass is 10.3. The lowest BCUT2D eigenvalue weighted by Gasteiger charge is -2.34. The summed E-state index contributed by atoms with van der Waals surface area (Å²) < 4.78 is 47.0. The quantitative estimate of drug-likeness (QED) is 0.672. The molecule has 0 saturated carbocycles. The van der Waals surface area contributed by atoms with Gasteiger partial charge in [-0.25, -0.2) is 16.8 Å². The predicted octanol–water partition coefficient (Wildman–Crippen LogP) is 0.303. The highest BCUT2D eigenvalue weighted by molar-refractivity contribution is 7.92. The maximum absolute atomic E-state index is 12.3. The third-order valence-corrected chi connectivity index (χ3v) is 6.78. The Labute approximate surface area is 153 Å². The molecule has 1 aromatic carbocycles. The van der Waals surface area contributed by atoms with Crippen molar-refractivity contribution in [3.05, 3.63) is 29.3 Å². The molecule has 10 heteroatoms. The van der Waals surface area contributed by atoms with Crippen LogP contribution < -0.4 is 0 Å². The molecule has 1 aliphatic rings. The Bertz CT molecular complexity index is 814. The van der Waals surface area contributed by atoms with Crippen molar-refractivity contribution in [2.24, 2.45) is 0 Å². The van der Waals surface area contributed by atoms with E-state index in [2.05, 4.69) is 0 Å². The second kappa shape index (κ2) is 8.03. The monoisotopic (exact) mass is 408 g/mol.